The molecule has 3 N–H and O–H groups in total. The van der Waals surface area contributed by atoms with E-state index in [0.717, 1.165) is 22.7 Å². The topological polar surface area (TPSA) is 98.2 Å². The molecule has 120 valence electrons. The van der Waals surface area contributed by atoms with E-state index >= 15 is 0 Å². The number of rotatable bonds is 5. The van der Waals surface area contributed by atoms with Crippen molar-refractivity contribution in [2.75, 3.05) is 5.32 Å². The molecule has 0 aliphatic rings. The highest BCUT2D eigenvalue weighted by atomic mass is 35.5. The number of anilines is 1. The third-order valence-corrected chi connectivity index (χ3v) is 5.58. The molecule has 1 aromatic carbocycles. The van der Waals surface area contributed by atoms with Gasteiger partial charge in [-0.2, -0.15) is 0 Å². The predicted octanol–water partition coefficient (Wildman–Crippen LogP) is 3.32. The van der Waals surface area contributed by atoms with Gasteiger partial charge in [0.1, 0.15) is 11.5 Å². The van der Waals surface area contributed by atoms with Crippen LogP contribution in [0.4, 0.5) is 5.13 Å². The summed E-state index contributed by atoms with van der Waals surface area (Å²) < 4.78 is 28.1. The van der Waals surface area contributed by atoms with E-state index in [1.807, 2.05) is 24.3 Å². The minimum atomic E-state index is -3.72. The van der Waals surface area contributed by atoms with E-state index in [4.69, 9.17) is 21.2 Å². The van der Waals surface area contributed by atoms with Crippen LogP contribution in [-0.2, 0) is 16.6 Å². The third kappa shape index (κ3) is 3.91. The van der Waals surface area contributed by atoms with Crippen LogP contribution in [0.2, 0.25) is 5.02 Å². The second kappa shape index (κ2) is 6.32. The number of thiazole rings is 1. The minimum absolute atomic E-state index is 0.0151. The molecule has 0 saturated heterocycles. The number of furan rings is 1. The fourth-order valence-electron chi connectivity index (χ4n) is 1.88. The van der Waals surface area contributed by atoms with Crippen LogP contribution in [-0.4, -0.2) is 13.4 Å². The maximum Gasteiger partial charge on any atom is 0.249 e. The lowest BCUT2D eigenvalue weighted by Crippen LogP contribution is -2.09. The molecule has 0 fully saturated rings. The molecule has 2 aromatic heterocycles. The molecule has 0 aliphatic carbocycles. The Bertz CT molecular complexity index is 917. The molecule has 2 heterocycles. The van der Waals surface area contributed by atoms with Crippen molar-refractivity contribution in [3.8, 4) is 11.3 Å². The molecular formula is C14H12ClN3O3S2. The van der Waals surface area contributed by atoms with Crippen LogP contribution in [0.25, 0.3) is 11.3 Å². The van der Waals surface area contributed by atoms with Gasteiger partial charge in [-0.3, -0.25) is 0 Å². The van der Waals surface area contributed by atoms with Gasteiger partial charge in [0, 0.05) is 10.6 Å². The number of primary sulfonamides is 1. The number of sulfonamides is 1. The minimum Gasteiger partial charge on any atom is -0.459 e. The summed E-state index contributed by atoms with van der Waals surface area (Å²) in [6.45, 7) is 0.380. The molecule has 0 unspecified atom stereocenters. The normalized spacial score (nSPS) is 11.6. The van der Waals surface area contributed by atoms with Gasteiger partial charge >= 0.3 is 0 Å². The zero-order valence-electron chi connectivity index (χ0n) is 11.7. The summed E-state index contributed by atoms with van der Waals surface area (Å²) in [6.07, 6.45) is 1.23. The van der Waals surface area contributed by atoms with Gasteiger partial charge in [0.2, 0.25) is 10.0 Å². The van der Waals surface area contributed by atoms with Gasteiger partial charge in [-0.25, -0.2) is 18.5 Å². The predicted molar refractivity (Wildman–Crippen MR) is 90.0 cm³/mol. The molecule has 3 rings (SSSR count). The lowest BCUT2D eigenvalue weighted by Gasteiger charge is -2.00. The van der Waals surface area contributed by atoms with Crippen molar-refractivity contribution >= 4 is 38.1 Å². The summed E-state index contributed by atoms with van der Waals surface area (Å²) in [5.74, 6) is 1.42. The fourth-order valence-corrected chi connectivity index (χ4v) is 3.45. The van der Waals surface area contributed by atoms with Crippen molar-refractivity contribution in [3.63, 3.8) is 0 Å². The van der Waals surface area contributed by atoms with Crippen LogP contribution in [0.1, 0.15) is 5.76 Å². The largest absolute Gasteiger partial charge is 0.459 e. The fraction of sp³-hybridized carbons (Fsp3) is 0.0714. The van der Waals surface area contributed by atoms with Crippen LogP contribution < -0.4 is 10.5 Å². The van der Waals surface area contributed by atoms with Gasteiger partial charge in [0.25, 0.3) is 0 Å². The van der Waals surface area contributed by atoms with Gasteiger partial charge in [0.15, 0.2) is 9.34 Å². The van der Waals surface area contributed by atoms with Gasteiger partial charge < -0.3 is 9.73 Å². The number of benzene rings is 1. The van der Waals surface area contributed by atoms with Gasteiger partial charge in [-0.05, 0) is 36.4 Å². The molecule has 9 heteroatoms. The highest BCUT2D eigenvalue weighted by molar-refractivity contribution is 7.91. The van der Waals surface area contributed by atoms with E-state index in [2.05, 4.69) is 10.3 Å². The molecule has 0 atom stereocenters. The molecule has 0 bridgehead atoms. The van der Waals surface area contributed by atoms with E-state index in [0.29, 0.717) is 22.5 Å². The number of nitrogens with two attached hydrogens (primary N) is 1. The standard InChI is InChI=1S/C14H12ClN3O3S2/c15-10-3-1-9(2-4-10)12-6-5-11(21-12)7-17-14-18-8-13(22-14)23(16,19)20/h1-6,8H,7H2,(H,17,18)(H2,16,19,20). The lowest BCUT2D eigenvalue weighted by atomic mass is 10.2. The molecule has 6 nitrogen and oxygen atoms in total. The molecule has 0 saturated carbocycles. The first-order valence-corrected chi connectivity index (χ1v) is 9.23. The van der Waals surface area contributed by atoms with E-state index in [1.54, 1.807) is 12.1 Å². The van der Waals surface area contributed by atoms with Crippen LogP contribution in [0.5, 0.6) is 0 Å². The van der Waals surface area contributed by atoms with Gasteiger partial charge in [-0.15, -0.1) is 0 Å². The maximum atomic E-state index is 11.2. The zero-order chi connectivity index (χ0) is 16.4. The Kier molecular flexibility index (Phi) is 4.40. The molecule has 3 aromatic rings. The smallest absolute Gasteiger partial charge is 0.249 e. The third-order valence-electron chi connectivity index (χ3n) is 2.97. The summed E-state index contributed by atoms with van der Waals surface area (Å²) in [4.78, 5) is 3.96. The Balaban J connectivity index is 1.68. The second-order valence-electron chi connectivity index (χ2n) is 4.66. The summed E-state index contributed by atoms with van der Waals surface area (Å²) in [5, 5.41) is 9.16. The summed E-state index contributed by atoms with van der Waals surface area (Å²) >= 11 is 6.83. The van der Waals surface area contributed by atoms with Gasteiger partial charge in [0.05, 0.1) is 12.7 Å². The Morgan fingerprint density at radius 3 is 2.61 bits per heavy atom. The maximum absolute atomic E-state index is 11.2. The van der Waals surface area contributed by atoms with E-state index in [9.17, 15) is 8.42 Å². The monoisotopic (exact) mass is 369 g/mol. The van der Waals surface area contributed by atoms with Crippen LogP contribution >= 0.6 is 22.9 Å². The molecule has 23 heavy (non-hydrogen) atoms. The van der Waals surface area contributed by atoms with E-state index < -0.39 is 10.0 Å². The van der Waals surface area contributed by atoms with E-state index in [1.165, 1.54) is 6.20 Å². The van der Waals surface area contributed by atoms with Gasteiger partial charge in [-0.1, -0.05) is 22.9 Å². The molecule has 0 radical (unpaired) electrons. The highest BCUT2D eigenvalue weighted by Crippen LogP contribution is 2.25. The highest BCUT2D eigenvalue weighted by Gasteiger charge is 2.13. The SMILES string of the molecule is NS(=O)(=O)c1cnc(NCc2ccc(-c3ccc(Cl)cc3)o2)s1. The Hall–Kier alpha value is -1.87. The van der Waals surface area contributed by atoms with Crippen molar-refractivity contribution in [1.82, 2.24) is 4.98 Å². The van der Waals surface area contributed by atoms with Crippen LogP contribution in [0, 0.1) is 0 Å². The molecule has 0 spiro atoms. The average Bonchev–Trinajstić information content (AvgIpc) is 3.15. The molecule has 0 amide bonds. The molecule has 0 aliphatic heterocycles. The van der Waals surface area contributed by atoms with Crippen molar-refractivity contribution in [3.05, 3.63) is 53.4 Å². The lowest BCUT2D eigenvalue weighted by molar-refractivity contribution is 0.531. The second-order valence-corrected chi connectivity index (χ2v) is 7.91. The number of halogens is 1. The quantitative estimate of drug-likeness (QED) is 0.718. The number of nitrogens with one attached hydrogen (secondary N) is 1. The number of aromatic nitrogens is 1. The van der Waals surface area contributed by atoms with E-state index in [-0.39, 0.29) is 4.21 Å². The zero-order valence-corrected chi connectivity index (χ0v) is 14.1. The summed E-state index contributed by atoms with van der Waals surface area (Å²) in [6, 6.07) is 11.0. The van der Waals surface area contributed by atoms with Crippen molar-refractivity contribution in [2.45, 2.75) is 10.8 Å². The first-order chi connectivity index (χ1) is 10.9. The Morgan fingerprint density at radius 2 is 1.96 bits per heavy atom. The molecular weight excluding hydrogens is 358 g/mol. The summed E-state index contributed by atoms with van der Waals surface area (Å²) in [7, 11) is -3.72. The Labute approximate surface area is 142 Å². The van der Waals surface area contributed by atoms with Crippen molar-refractivity contribution in [2.24, 2.45) is 5.14 Å². The van der Waals surface area contributed by atoms with Crippen molar-refractivity contribution < 1.29 is 12.8 Å². The number of hydrogen-bond donors (Lipinski definition) is 2. The first-order valence-electron chi connectivity index (χ1n) is 6.49. The average molecular weight is 370 g/mol. The van der Waals surface area contributed by atoms with Crippen LogP contribution in [0.15, 0.2) is 51.2 Å². The first kappa shape index (κ1) is 16.0. The number of hydrogen-bond acceptors (Lipinski definition) is 6. The summed E-state index contributed by atoms with van der Waals surface area (Å²) in [5.41, 5.74) is 0.923. The van der Waals surface area contributed by atoms with Crippen LogP contribution in [0.3, 0.4) is 0 Å². The Morgan fingerprint density at radius 1 is 1.22 bits per heavy atom. The van der Waals surface area contributed by atoms with Crippen molar-refractivity contribution in [1.29, 1.82) is 0 Å². The number of nitrogens with zero attached hydrogens (tertiary/aromatic N) is 1.